The number of halogens is 2. The maximum Gasteiger partial charge on any atom is 0.335 e. The standard InChI is InChI=1S/C19H20BrFN6O4/c1-2-3-17(28)31-27-18(23-24-25-27)15-11-29-19(22-15)26-8-6-13(7-9-26)30-16-10-12(21)4-5-14(16)20/h4-5,10-11,13H,2-3,6-9H2,1H3. The molecule has 1 aliphatic rings. The van der Waals surface area contributed by atoms with Crippen molar-refractivity contribution in [2.45, 2.75) is 38.7 Å². The van der Waals surface area contributed by atoms with Gasteiger partial charge in [0.15, 0.2) is 5.69 Å². The Kier molecular flexibility index (Phi) is 6.44. The van der Waals surface area contributed by atoms with Crippen LogP contribution in [0.4, 0.5) is 10.4 Å². The van der Waals surface area contributed by atoms with E-state index in [1.54, 1.807) is 6.07 Å². The Morgan fingerprint density at radius 2 is 2.16 bits per heavy atom. The molecule has 0 saturated carbocycles. The van der Waals surface area contributed by atoms with Crippen LogP contribution >= 0.6 is 15.9 Å². The van der Waals surface area contributed by atoms with Crippen LogP contribution in [0.3, 0.4) is 0 Å². The average Bonchev–Trinajstić information content (AvgIpc) is 3.41. The molecule has 1 saturated heterocycles. The van der Waals surface area contributed by atoms with Crippen LogP contribution < -0.4 is 14.5 Å². The number of aromatic nitrogens is 5. The predicted molar refractivity (Wildman–Crippen MR) is 110 cm³/mol. The summed E-state index contributed by atoms with van der Waals surface area (Å²) in [4.78, 5) is 24.2. The highest BCUT2D eigenvalue weighted by atomic mass is 79.9. The quantitative estimate of drug-likeness (QED) is 0.457. The van der Waals surface area contributed by atoms with Crippen molar-refractivity contribution in [3.63, 3.8) is 0 Å². The van der Waals surface area contributed by atoms with Crippen LogP contribution in [0.2, 0.25) is 0 Å². The number of benzene rings is 1. The molecule has 0 aliphatic carbocycles. The molecule has 1 aliphatic heterocycles. The second kappa shape index (κ2) is 9.41. The van der Waals surface area contributed by atoms with Crippen molar-refractivity contribution < 1.29 is 23.2 Å². The molecule has 3 heterocycles. The highest BCUT2D eigenvalue weighted by Crippen LogP contribution is 2.30. The van der Waals surface area contributed by atoms with Gasteiger partial charge in [-0.05, 0) is 49.8 Å². The molecule has 0 atom stereocenters. The second-order valence-corrected chi connectivity index (χ2v) is 7.84. The molecule has 31 heavy (non-hydrogen) atoms. The number of tetrazole rings is 1. The van der Waals surface area contributed by atoms with E-state index in [0.717, 1.165) is 4.85 Å². The van der Waals surface area contributed by atoms with Gasteiger partial charge in [-0.2, -0.15) is 4.98 Å². The maximum atomic E-state index is 13.5. The minimum Gasteiger partial charge on any atom is -0.489 e. The molecular formula is C19H20BrFN6O4. The number of hydrogen-bond acceptors (Lipinski definition) is 9. The Balaban J connectivity index is 1.37. The summed E-state index contributed by atoms with van der Waals surface area (Å²) in [5.74, 6) is -0.118. The fourth-order valence-electron chi connectivity index (χ4n) is 3.16. The lowest BCUT2D eigenvalue weighted by Gasteiger charge is -2.31. The second-order valence-electron chi connectivity index (χ2n) is 6.98. The summed E-state index contributed by atoms with van der Waals surface area (Å²) in [6, 6.07) is 4.78. The first-order valence-electron chi connectivity index (χ1n) is 9.85. The molecule has 0 spiro atoms. The summed E-state index contributed by atoms with van der Waals surface area (Å²) in [6.45, 7) is 3.17. The predicted octanol–water partition coefficient (Wildman–Crippen LogP) is 3.03. The molecular weight excluding hydrogens is 475 g/mol. The molecule has 0 bridgehead atoms. The van der Waals surface area contributed by atoms with Crippen LogP contribution in [0.25, 0.3) is 11.5 Å². The van der Waals surface area contributed by atoms with Crippen molar-refractivity contribution in [1.82, 2.24) is 25.4 Å². The smallest absolute Gasteiger partial charge is 0.335 e. The van der Waals surface area contributed by atoms with Gasteiger partial charge < -0.3 is 18.9 Å². The lowest BCUT2D eigenvalue weighted by Crippen LogP contribution is -2.38. The van der Waals surface area contributed by atoms with Crippen LogP contribution in [-0.2, 0) is 4.79 Å². The maximum absolute atomic E-state index is 13.5. The molecule has 1 aromatic carbocycles. The molecule has 0 amide bonds. The molecule has 4 rings (SSSR count). The number of piperidine rings is 1. The topological polar surface area (TPSA) is 108 Å². The van der Waals surface area contributed by atoms with E-state index in [0.29, 0.717) is 54.3 Å². The van der Waals surface area contributed by atoms with Gasteiger partial charge in [0.1, 0.15) is 23.9 Å². The number of hydrogen-bond donors (Lipinski definition) is 0. The third kappa shape index (κ3) is 5.01. The highest BCUT2D eigenvalue weighted by molar-refractivity contribution is 9.10. The lowest BCUT2D eigenvalue weighted by atomic mass is 10.1. The van der Waals surface area contributed by atoms with E-state index >= 15 is 0 Å². The monoisotopic (exact) mass is 494 g/mol. The van der Waals surface area contributed by atoms with E-state index in [2.05, 4.69) is 36.4 Å². The van der Waals surface area contributed by atoms with Gasteiger partial charge in [-0.1, -0.05) is 6.92 Å². The van der Waals surface area contributed by atoms with Gasteiger partial charge in [-0.3, -0.25) is 0 Å². The van der Waals surface area contributed by atoms with Crippen molar-refractivity contribution in [2.75, 3.05) is 18.0 Å². The molecule has 0 radical (unpaired) electrons. The number of oxazole rings is 1. The van der Waals surface area contributed by atoms with E-state index in [1.165, 1.54) is 18.4 Å². The third-order valence-electron chi connectivity index (χ3n) is 4.70. The zero-order valence-electron chi connectivity index (χ0n) is 16.7. The Morgan fingerprint density at radius 3 is 2.94 bits per heavy atom. The number of rotatable bonds is 7. The van der Waals surface area contributed by atoms with Crippen molar-refractivity contribution in [1.29, 1.82) is 0 Å². The summed E-state index contributed by atoms with van der Waals surface area (Å²) < 4.78 is 25.7. The van der Waals surface area contributed by atoms with E-state index in [1.807, 2.05) is 11.8 Å². The van der Waals surface area contributed by atoms with E-state index in [9.17, 15) is 9.18 Å². The van der Waals surface area contributed by atoms with E-state index < -0.39 is 5.97 Å². The molecule has 164 valence electrons. The minimum absolute atomic E-state index is 0.0472. The molecule has 1 fully saturated rings. The number of carbonyl (C=O) groups is 1. The third-order valence-corrected chi connectivity index (χ3v) is 5.36. The summed E-state index contributed by atoms with van der Waals surface area (Å²) in [5, 5.41) is 11.1. The number of anilines is 1. The summed E-state index contributed by atoms with van der Waals surface area (Å²) in [5.41, 5.74) is 0.353. The summed E-state index contributed by atoms with van der Waals surface area (Å²) >= 11 is 3.38. The van der Waals surface area contributed by atoms with Gasteiger partial charge >= 0.3 is 5.97 Å². The van der Waals surface area contributed by atoms with Crippen molar-refractivity contribution in [2.24, 2.45) is 0 Å². The number of carbonyl (C=O) groups excluding carboxylic acids is 1. The number of nitrogens with zero attached hydrogens (tertiary/aromatic N) is 6. The number of ether oxygens (including phenoxy) is 1. The Hall–Kier alpha value is -3.02. The van der Waals surface area contributed by atoms with E-state index in [-0.39, 0.29) is 24.2 Å². The fourth-order valence-corrected chi connectivity index (χ4v) is 3.50. The van der Waals surface area contributed by atoms with Gasteiger partial charge in [0, 0.05) is 38.4 Å². The van der Waals surface area contributed by atoms with Crippen LogP contribution in [0.5, 0.6) is 5.75 Å². The summed E-state index contributed by atoms with van der Waals surface area (Å²) in [7, 11) is 0. The van der Waals surface area contributed by atoms with Crippen molar-refractivity contribution in [3.8, 4) is 17.3 Å². The Bertz CT molecular complexity index is 1050. The van der Waals surface area contributed by atoms with Crippen LogP contribution in [0, 0.1) is 5.82 Å². The minimum atomic E-state index is -0.438. The van der Waals surface area contributed by atoms with Gasteiger partial charge in [0.05, 0.1) is 4.47 Å². The largest absolute Gasteiger partial charge is 0.489 e. The lowest BCUT2D eigenvalue weighted by molar-refractivity contribution is -0.145. The zero-order valence-corrected chi connectivity index (χ0v) is 18.3. The van der Waals surface area contributed by atoms with Crippen molar-refractivity contribution in [3.05, 3.63) is 34.8 Å². The van der Waals surface area contributed by atoms with Crippen LogP contribution in [-0.4, -0.2) is 50.5 Å². The average molecular weight is 495 g/mol. The molecule has 0 unspecified atom stereocenters. The Labute approximate surface area is 185 Å². The fraction of sp³-hybridized carbons (Fsp3) is 0.421. The van der Waals surface area contributed by atoms with E-state index in [4.69, 9.17) is 14.0 Å². The zero-order chi connectivity index (χ0) is 21.8. The SMILES string of the molecule is CCCC(=O)On1nnnc1-c1coc(N2CCC(Oc3cc(F)ccc3Br)CC2)n1. The molecule has 10 nitrogen and oxygen atoms in total. The first kappa shape index (κ1) is 21.2. The van der Waals surface area contributed by atoms with Crippen LogP contribution in [0.15, 0.2) is 33.4 Å². The Morgan fingerprint density at radius 1 is 1.35 bits per heavy atom. The van der Waals surface area contributed by atoms with Gasteiger partial charge in [0.2, 0.25) is 5.82 Å². The van der Waals surface area contributed by atoms with Gasteiger partial charge in [0.25, 0.3) is 6.01 Å². The molecule has 12 heteroatoms. The molecule has 2 aromatic heterocycles. The first-order chi connectivity index (χ1) is 15.0. The molecule has 3 aromatic rings. The summed E-state index contributed by atoms with van der Waals surface area (Å²) in [6.07, 6.45) is 3.71. The molecule has 0 N–H and O–H groups in total. The van der Waals surface area contributed by atoms with Gasteiger partial charge in [-0.15, -0.1) is 5.10 Å². The highest BCUT2D eigenvalue weighted by Gasteiger charge is 2.26. The normalized spacial score (nSPS) is 14.6. The van der Waals surface area contributed by atoms with Crippen LogP contribution in [0.1, 0.15) is 32.6 Å². The van der Waals surface area contributed by atoms with Gasteiger partial charge in [-0.25, -0.2) is 9.18 Å². The van der Waals surface area contributed by atoms with Crippen molar-refractivity contribution >= 4 is 27.9 Å². The first-order valence-corrected chi connectivity index (χ1v) is 10.6.